The molecule has 1 N–H and O–H groups in total. The first kappa shape index (κ1) is 15.6. The van der Waals surface area contributed by atoms with Gasteiger partial charge in [0.05, 0.1) is 25.0 Å². The Morgan fingerprint density at radius 2 is 1.41 bits per heavy atom. The number of carbonyl (C=O) groups excluding carboxylic acids is 2. The maximum Gasteiger partial charge on any atom is 0.311 e. The molecule has 98 valence electrons. The quantitative estimate of drug-likeness (QED) is 0.548. The summed E-state index contributed by atoms with van der Waals surface area (Å²) >= 11 is 0. The SMILES string of the molecule is CC(C)OC(=O)CCC(=N)CC(=O)OC(C)C. The van der Waals surface area contributed by atoms with E-state index in [-0.39, 0.29) is 43.2 Å². The highest BCUT2D eigenvalue weighted by molar-refractivity contribution is 5.98. The Balaban J connectivity index is 3.80. The summed E-state index contributed by atoms with van der Waals surface area (Å²) in [5.41, 5.74) is 0.191. The zero-order valence-electron chi connectivity index (χ0n) is 10.9. The van der Waals surface area contributed by atoms with Crippen molar-refractivity contribution in [2.24, 2.45) is 0 Å². The zero-order valence-corrected chi connectivity index (χ0v) is 10.9. The van der Waals surface area contributed by atoms with Crippen molar-refractivity contribution in [3.63, 3.8) is 0 Å². The first-order valence-corrected chi connectivity index (χ1v) is 5.76. The summed E-state index contributed by atoms with van der Waals surface area (Å²) in [6.45, 7) is 7.04. The Morgan fingerprint density at radius 1 is 0.941 bits per heavy atom. The largest absolute Gasteiger partial charge is 0.463 e. The van der Waals surface area contributed by atoms with Crippen LogP contribution < -0.4 is 0 Å². The molecular formula is C12H21NO4. The smallest absolute Gasteiger partial charge is 0.311 e. The first-order valence-electron chi connectivity index (χ1n) is 5.76. The third-order valence-corrected chi connectivity index (χ3v) is 1.72. The van der Waals surface area contributed by atoms with Crippen LogP contribution in [0.2, 0.25) is 0 Å². The van der Waals surface area contributed by atoms with E-state index < -0.39 is 5.97 Å². The molecule has 17 heavy (non-hydrogen) atoms. The van der Waals surface area contributed by atoms with E-state index in [0.29, 0.717) is 0 Å². The molecule has 0 radical (unpaired) electrons. The topological polar surface area (TPSA) is 76.5 Å². The second kappa shape index (κ2) is 7.81. The molecule has 0 aromatic carbocycles. The number of esters is 2. The summed E-state index contributed by atoms with van der Waals surface area (Å²) in [5, 5.41) is 7.53. The minimum atomic E-state index is -0.428. The second-order valence-corrected chi connectivity index (χ2v) is 4.36. The number of rotatable bonds is 7. The Labute approximate surface area is 102 Å². The molecule has 5 nitrogen and oxygen atoms in total. The fourth-order valence-electron chi connectivity index (χ4n) is 1.14. The van der Waals surface area contributed by atoms with E-state index in [0.717, 1.165) is 0 Å². The van der Waals surface area contributed by atoms with Crippen LogP contribution in [0.25, 0.3) is 0 Å². The van der Waals surface area contributed by atoms with Crippen molar-refractivity contribution in [1.29, 1.82) is 5.41 Å². The Kier molecular flexibility index (Phi) is 7.18. The molecule has 0 aliphatic rings. The van der Waals surface area contributed by atoms with E-state index in [4.69, 9.17) is 14.9 Å². The third kappa shape index (κ3) is 9.53. The number of carbonyl (C=O) groups is 2. The van der Waals surface area contributed by atoms with Gasteiger partial charge in [-0.1, -0.05) is 0 Å². The maximum atomic E-state index is 11.2. The van der Waals surface area contributed by atoms with Crippen molar-refractivity contribution in [3.8, 4) is 0 Å². The molecule has 0 spiro atoms. The average molecular weight is 243 g/mol. The monoisotopic (exact) mass is 243 g/mol. The molecule has 0 unspecified atom stereocenters. The molecule has 0 aliphatic carbocycles. The summed E-state index contributed by atoms with van der Waals surface area (Å²) < 4.78 is 9.81. The lowest BCUT2D eigenvalue weighted by molar-refractivity contribution is -0.148. The number of hydrogen-bond donors (Lipinski definition) is 1. The van der Waals surface area contributed by atoms with Gasteiger partial charge < -0.3 is 14.9 Å². The van der Waals surface area contributed by atoms with Gasteiger partial charge in [-0.2, -0.15) is 0 Å². The molecule has 0 aromatic heterocycles. The van der Waals surface area contributed by atoms with Crippen LogP contribution in [0.5, 0.6) is 0 Å². The highest BCUT2D eigenvalue weighted by Crippen LogP contribution is 2.02. The molecule has 0 heterocycles. The van der Waals surface area contributed by atoms with Gasteiger partial charge in [-0.05, 0) is 34.1 Å². The van der Waals surface area contributed by atoms with Gasteiger partial charge in [0.25, 0.3) is 0 Å². The van der Waals surface area contributed by atoms with E-state index in [9.17, 15) is 9.59 Å². The molecule has 5 heteroatoms. The summed E-state index contributed by atoms with van der Waals surface area (Å²) in [6.07, 6.45) is -0.0264. The van der Waals surface area contributed by atoms with E-state index in [1.54, 1.807) is 27.7 Å². The van der Waals surface area contributed by atoms with E-state index in [1.807, 2.05) is 0 Å². The Morgan fingerprint density at radius 3 is 1.88 bits per heavy atom. The molecule has 0 aliphatic heterocycles. The molecule has 0 rings (SSSR count). The lowest BCUT2D eigenvalue weighted by atomic mass is 10.1. The van der Waals surface area contributed by atoms with E-state index >= 15 is 0 Å². The van der Waals surface area contributed by atoms with Crippen LogP contribution >= 0.6 is 0 Å². The van der Waals surface area contributed by atoms with Gasteiger partial charge in [-0.15, -0.1) is 0 Å². The van der Waals surface area contributed by atoms with Gasteiger partial charge >= 0.3 is 11.9 Å². The molecular weight excluding hydrogens is 222 g/mol. The van der Waals surface area contributed by atoms with Crippen LogP contribution in [0.15, 0.2) is 0 Å². The Bertz CT molecular complexity index is 284. The lowest BCUT2D eigenvalue weighted by Crippen LogP contribution is -2.17. The Hall–Kier alpha value is -1.39. The predicted molar refractivity (Wildman–Crippen MR) is 64.0 cm³/mol. The molecule has 0 aromatic rings. The standard InChI is InChI=1S/C12H21NO4/c1-8(2)16-11(14)6-5-10(13)7-12(15)17-9(3)4/h8-9,13H,5-7H2,1-4H3. The normalized spacial score (nSPS) is 10.5. The van der Waals surface area contributed by atoms with Crippen molar-refractivity contribution in [1.82, 2.24) is 0 Å². The van der Waals surface area contributed by atoms with Crippen LogP contribution in [0.4, 0.5) is 0 Å². The van der Waals surface area contributed by atoms with Gasteiger partial charge in [0, 0.05) is 5.71 Å². The minimum absolute atomic E-state index is 0.0624. The van der Waals surface area contributed by atoms with Gasteiger partial charge in [-0.25, -0.2) is 0 Å². The summed E-state index contributed by atoms with van der Waals surface area (Å²) in [7, 11) is 0. The van der Waals surface area contributed by atoms with Crippen molar-refractivity contribution in [2.75, 3.05) is 0 Å². The maximum absolute atomic E-state index is 11.2. The third-order valence-electron chi connectivity index (χ3n) is 1.72. The number of nitrogens with one attached hydrogen (secondary N) is 1. The molecule has 0 fully saturated rings. The van der Waals surface area contributed by atoms with Crippen LogP contribution in [-0.2, 0) is 19.1 Å². The van der Waals surface area contributed by atoms with Crippen molar-refractivity contribution in [3.05, 3.63) is 0 Å². The summed E-state index contributed by atoms with van der Waals surface area (Å²) in [6, 6.07) is 0. The fourth-order valence-corrected chi connectivity index (χ4v) is 1.14. The van der Waals surface area contributed by atoms with Crippen LogP contribution in [0, 0.1) is 5.41 Å². The first-order chi connectivity index (χ1) is 7.81. The molecule has 0 saturated heterocycles. The van der Waals surface area contributed by atoms with Crippen LogP contribution in [0.3, 0.4) is 0 Å². The average Bonchev–Trinajstić information content (AvgIpc) is 2.12. The van der Waals surface area contributed by atoms with E-state index in [2.05, 4.69) is 0 Å². The highest BCUT2D eigenvalue weighted by Gasteiger charge is 2.12. The minimum Gasteiger partial charge on any atom is -0.463 e. The fraction of sp³-hybridized carbons (Fsp3) is 0.750. The number of hydrogen-bond acceptors (Lipinski definition) is 5. The molecule has 0 atom stereocenters. The second-order valence-electron chi connectivity index (χ2n) is 4.36. The van der Waals surface area contributed by atoms with Gasteiger partial charge in [0.1, 0.15) is 0 Å². The molecule has 0 saturated carbocycles. The summed E-state index contributed by atoms with van der Waals surface area (Å²) in [4.78, 5) is 22.4. The predicted octanol–water partition coefficient (Wildman–Crippen LogP) is 2.08. The van der Waals surface area contributed by atoms with Crippen molar-refractivity contribution < 1.29 is 19.1 Å². The van der Waals surface area contributed by atoms with Crippen molar-refractivity contribution >= 4 is 17.7 Å². The number of ether oxygens (including phenoxy) is 2. The zero-order chi connectivity index (χ0) is 13.4. The van der Waals surface area contributed by atoms with E-state index in [1.165, 1.54) is 0 Å². The van der Waals surface area contributed by atoms with Gasteiger partial charge in [0.2, 0.25) is 0 Å². The van der Waals surface area contributed by atoms with Crippen LogP contribution in [0.1, 0.15) is 47.0 Å². The molecule has 0 bridgehead atoms. The van der Waals surface area contributed by atoms with Gasteiger partial charge in [-0.3, -0.25) is 9.59 Å². The highest BCUT2D eigenvalue weighted by atomic mass is 16.5. The van der Waals surface area contributed by atoms with Crippen LogP contribution in [-0.4, -0.2) is 29.9 Å². The lowest BCUT2D eigenvalue weighted by Gasteiger charge is -2.09. The van der Waals surface area contributed by atoms with Crippen molar-refractivity contribution in [2.45, 2.75) is 59.2 Å². The van der Waals surface area contributed by atoms with Gasteiger partial charge in [0.15, 0.2) is 0 Å². The molecule has 0 amide bonds. The summed E-state index contributed by atoms with van der Waals surface area (Å²) in [5.74, 6) is -0.774.